The standard InChI is InChI=1S/C47H34N2O2.C29H20Br2N2O2.C18H28B2O4.2CH4/c1-50-43-27-24-37(30-44(43)51-2)47-48-45-41-28-35(32-14-8-4-9-15-32)22-25-39(41)40-26-23-36(29-42(40)46(45)49(47)38-16-10-5-11-17-38)34-20-18-33(19-21-34)31-12-6-3-7-13-31;1-34-25-13-8-17(14-26(25)35-2)29-32-27-23-15-18(30)9-11-21(23)22-12-10-19(31)16-24(22)28(27)33(29)20-6-4-3-5-7-20;1-15(2)16(3,4)22-19(21-15)13-9-11-14(12-10-13)20-23-17(5,6)18(7,8)24-20;;/h3-30H,1-2H3;3-16H,1-2H3;9-12H,1-8H3;2*1H4. The van der Waals surface area contributed by atoms with Crippen LogP contribution in [-0.2, 0) is 18.6 Å². The Kier molecular flexibility index (Phi) is 21.8. The van der Waals surface area contributed by atoms with Crippen LogP contribution in [0.15, 0.2) is 288 Å². The molecule has 16 heteroatoms. The number of fused-ring (bicyclic) bond motifs is 12. The average Bonchev–Trinajstić information content (AvgIpc) is 1.53. The number of methoxy groups -OCH3 is 4. The van der Waals surface area contributed by atoms with Crippen molar-refractivity contribution < 1.29 is 37.6 Å². The van der Waals surface area contributed by atoms with Crippen LogP contribution < -0.4 is 29.9 Å². The van der Waals surface area contributed by atoms with E-state index in [1.165, 1.54) is 38.2 Å². The monoisotopic (exact) mass is 1610 g/mol. The molecule has 18 rings (SSSR count). The Morgan fingerprint density at radius 1 is 0.286 bits per heavy atom. The van der Waals surface area contributed by atoms with E-state index in [0.717, 1.165) is 114 Å². The molecular weight excluding hydrogens is 1520 g/mol. The molecule has 0 aliphatic carbocycles. The molecule has 12 nitrogen and oxygen atoms in total. The van der Waals surface area contributed by atoms with E-state index in [9.17, 15) is 0 Å². The summed E-state index contributed by atoms with van der Waals surface area (Å²) < 4.78 is 53.4. The maximum atomic E-state index is 6.10. The number of hydrogen-bond donors (Lipinski definition) is 0. The highest BCUT2D eigenvalue weighted by atomic mass is 79.9. The van der Waals surface area contributed by atoms with Crippen molar-refractivity contribution in [2.45, 2.75) is 92.6 Å². The molecule has 0 amide bonds. The third-order valence-electron chi connectivity index (χ3n) is 22.1. The van der Waals surface area contributed by atoms with Crippen molar-refractivity contribution in [2.24, 2.45) is 0 Å². The lowest BCUT2D eigenvalue weighted by Gasteiger charge is -2.32. The quantitative estimate of drug-likeness (QED) is 0.0818. The third-order valence-corrected chi connectivity index (χ3v) is 23.1. The number of benzene rings is 14. The van der Waals surface area contributed by atoms with Gasteiger partial charge in [-0.3, -0.25) is 9.13 Å². The number of para-hydroxylation sites is 2. The summed E-state index contributed by atoms with van der Waals surface area (Å²) in [6.07, 6.45) is 0. The average molecular weight is 1610 g/mol. The second-order valence-electron chi connectivity index (χ2n) is 29.8. The van der Waals surface area contributed by atoms with Gasteiger partial charge < -0.3 is 37.6 Å². The van der Waals surface area contributed by atoms with Crippen LogP contribution in [0.2, 0.25) is 0 Å². The predicted octanol–water partition coefficient (Wildman–Crippen LogP) is 24.1. The number of imidazole rings is 2. The first-order valence-electron chi connectivity index (χ1n) is 36.9. The fraction of sp³-hybridized carbons (Fsp3) is 0.188. The number of ether oxygens (including phenoxy) is 4. The fourth-order valence-electron chi connectivity index (χ4n) is 14.8. The first-order chi connectivity index (χ1) is 53.1. The first kappa shape index (κ1) is 77.9. The van der Waals surface area contributed by atoms with Crippen LogP contribution in [0.5, 0.6) is 23.0 Å². The Morgan fingerprint density at radius 2 is 0.571 bits per heavy atom. The molecule has 0 atom stereocenters. The molecule has 16 aromatic rings. The number of aromatic nitrogens is 4. The number of hydrogen-bond acceptors (Lipinski definition) is 10. The predicted molar refractivity (Wildman–Crippen MR) is 472 cm³/mol. The summed E-state index contributed by atoms with van der Waals surface area (Å²) in [7, 11) is 5.93. The summed E-state index contributed by atoms with van der Waals surface area (Å²) in [4.78, 5) is 10.8. The first-order valence-corrected chi connectivity index (χ1v) is 38.4. The summed E-state index contributed by atoms with van der Waals surface area (Å²) in [5.41, 5.74) is 15.7. The van der Waals surface area contributed by atoms with Crippen LogP contribution in [0.4, 0.5) is 0 Å². The van der Waals surface area contributed by atoms with Gasteiger partial charge in [0.15, 0.2) is 23.0 Å². The molecule has 4 heterocycles. The van der Waals surface area contributed by atoms with Crippen molar-refractivity contribution in [2.75, 3.05) is 28.4 Å². The van der Waals surface area contributed by atoms with E-state index in [-0.39, 0.29) is 51.5 Å². The Morgan fingerprint density at radius 3 is 0.955 bits per heavy atom. The summed E-state index contributed by atoms with van der Waals surface area (Å²) in [6.45, 7) is 16.5. The van der Waals surface area contributed by atoms with E-state index in [0.29, 0.717) is 23.0 Å². The van der Waals surface area contributed by atoms with Crippen LogP contribution in [0.25, 0.3) is 133 Å². The Labute approximate surface area is 673 Å². The highest BCUT2D eigenvalue weighted by Gasteiger charge is 2.53. The van der Waals surface area contributed by atoms with Crippen LogP contribution in [-0.4, -0.2) is 84.2 Å². The number of halogens is 2. The van der Waals surface area contributed by atoms with Crippen molar-refractivity contribution in [3.63, 3.8) is 0 Å². The van der Waals surface area contributed by atoms with Gasteiger partial charge in [0.1, 0.15) is 11.6 Å². The molecule has 0 saturated carbocycles. The van der Waals surface area contributed by atoms with E-state index < -0.39 is 0 Å². The smallest absolute Gasteiger partial charge is 0.493 e. The molecular formula is C96H90B2Br2N4O8. The zero-order valence-electron chi connectivity index (χ0n) is 63.5. The molecule has 2 fully saturated rings. The zero-order valence-corrected chi connectivity index (χ0v) is 66.7. The highest BCUT2D eigenvalue weighted by Crippen LogP contribution is 2.47. The van der Waals surface area contributed by atoms with Gasteiger partial charge in [-0.15, -0.1) is 0 Å². The van der Waals surface area contributed by atoms with E-state index >= 15 is 0 Å². The highest BCUT2D eigenvalue weighted by molar-refractivity contribution is 9.10. The second-order valence-corrected chi connectivity index (χ2v) is 31.6. The molecule has 2 aliphatic heterocycles. The minimum atomic E-state index is -0.345. The minimum Gasteiger partial charge on any atom is -0.493 e. The lowest BCUT2D eigenvalue weighted by atomic mass is 9.74. The van der Waals surface area contributed by atoms with Crippen LogP contribution >= 0.6 is 31.9 Å². The molecule has 0 bridgehead atoms. The van der Waals surface area contributed by atoms with Gasteiger partial charge in [-0.1, -0.05) is 229 Å². The largest absolute Gasteiger partial charge is 0.494 e. The minimum absolute atomic E-state index is 0. The van der Waals surface area contributed by atoms with Gasteiger partial charge in [0, 0.05) is 53.0 Å². The maximum absolute atomic E-state index is 6.10. The molecule has 2 aromatic heterocycles. The van der Waals surface area contributed by atoms with Crippen molar-refractivity contribution >= 4 is 122 Å². The van der Waals surface area contributed by atoms with Crippen molar-refractivity contribution in [3.05, 3.63) is 288 Å². The second kappa shape index (κ2) is 31.4. The van der Waals surface area contributed by atoms with E-state index in [2.05, 4.69) is 315 Å². The summed E-state index contributed by atoms with van der Waals surface area (Å²) in [5.74, 6) is 4.34. The Hall–Kier alpha value is -10.8. The van der Waals surface area contributed by atoms with Gasteiger partial charge in [-0.2, -0.15) is 0 Å². The SMILES string of the molecule is C.C.CC1(C)OB(c2ccc(B3OC(C)(C)C(C)(C)O3)cc2)OC1(C)C.COc1ccc(-c2nc3c4cc(-c5ccccc5)ccc4c4ccc(-c5ccc(-c6ccccc6)cc5)cc4c3n2-c2ccccc2)cc1OC.COc1ccc(-c2nc3c4cc(Br)ccc4c4ccc(Br)cc4c3n2-c2ccccc2)cc1OC. The molecule has 0 spiro atoms. The van der Waals surface area contributed by atoms with Gasteiger partial charge in [-0.25, -0.2) is 9.97 Å². The van der Waals surface area contributed by atoms with E-state index in [4.69, 9.17) is 47.5 Å². The van der Waals surface area contributed by atoms with Gasteiger partial charge in [0.25, 0.3) is 0 Å². The van der Waals surface area contributed by atoms with E-state index in [1.807, 2.05) is 60.7 Å². The van der Waals surface area contributed by atoms with E-state index in [1.54, 1.807) is 28.4 Å². The molecule has 112 heavy (non-hydrogen) atoms. The molecule has 562 valence electrons. The molecule has 0 N–H and O–H groups in total. The summed E-state index contributed by atoms with van der Waals surface area (Å²) in [5, 5.41) is 9.16. The van der Waals surface area contributed by atoms with Gasteiger partial charge in [-0.05, 0) is 218 Å². The van der Waals surface area contributed by atoms with Crippen molar-refractivity contribution in [1.29, 1.82) is 0 Å². The number of rotatable bonds is 13. The van der Waals surface area contributed by atoms with Gasteiger partial charge >= 0.3 is 14.2 Å². The lowest BCUT2D eigenvalue weighted by Crippen LogP contribution is -2.41. The molecule has 2 aliphatic rings. The lowest BCUT2D eigenvalue weighted by molar-refractivity contribution is 0.00578. The van der Waals surface area contributed by atoms with Gasteiger partial charge in [0.05, 0.1) is 72.9 Å². The third kappa shape index (κ3) is 14.5. The number of nitrogens with zero attached hydrogens (tertiary/aromatic N) is 4. The Balaban J connectivity index is 0.000000149. The summed E-state index contributed by atoms with van der Waals surface area (Å²) in [6, 6.07) is 97.3. The fourth-order valence-corrected chi connectivity index (χ4v) is 15.5. The topological polar surface area (TPSA) is 109 Å². The van der Waals surface area contributed by atoms with Crippen LogP contribution in [0, 0.1) is 0 Å². The molecule has 0 unspecified atom stereocenters. The zero-order chi connectivity index (χ0) is 76.4. The normalized spacial score (nSPS) is 14.5. The molecule has 14 aromatic carbocycles. The van der Waals surface area contributed by atoms with Crippen LogP contribution in [0.3, 0.4) is 0 Å². The summed E-state index contributed by atoms with van der Waals surface area (Å²) >= 11 is 7.36. The Bertz CT molecular complexity index is 6050. The van der Waals surface area contributed by atoms with Crippen molar-refractivity contribution in [1.82, 2.24) is 19.1 Å². The van der Waals surface area contributed by atoms with Crippen LogP contribution in [0.1, 0.15) is 70.2 Å². The van der Waals surface area contributed by atoms with Gasteiger partial charge in [0.2, 0.25) is 0 Å². The molecule has 0 radical (unpaired) electrons. The molecule has 2 saturated heterocycles. The maximum Gasteiger partial charge on any atom is 0.494 e. The van der Waals surface area contributed by atoms with Crippen molar-refractivity contribution in [3.8, 4) is 90.5 Å².